The number of furan rings is 1. The predicted molar refractivity (Wildman–Crippen MR) is 68.0 cm³/mol. The molecular weight excluding hydrogens is 252 g/mol. The Morgan fingerprint density at radius 1 is 1.56 bits per heavy atom. The van der Waals surface area contributed by atoms with Gasteiger partial charge in [-0.2, -0.15) is 0 Å². The van der Waals surface area contributed by atoms with Gasteiger partial charge in [0.2, 0.25) is 0 Å². The molecule has 0 radical (unpaired) electrons. The van der Waals surface area contributed by atoms with E-state index in [-0.39, 0.29) is 10.9 Å². The number of hydrogen-bond acceptors (Lipinski definition) is 5. The molecule has 18 heavy (non-hydrogen) atoms. The van der Waals surface area contributed by atoms with Crippen molar-refractivity contribution in [2.45, 2.75) is 13.0 Å². The SMILES string of the molecule is Cc1nc(C(c2ccco2)N(C)C)sc1C(=O)O. The van der Waals surface area contributed by atoms with Gasteiger partial charge < -0.3 is 9.52 Å². The minimum Gasteiger partial charge on any atom is -0.477 e. The Kier molecular flexibility index (Phi) is 3.49. The molecule has 0 aromatic carbocycles. The van der Waals surface area contributed by atoms with Gasteiger partial charge in [0.15, 0.2) is 0 Å². The van der Waals surface area contributed by atoms with Gasteiger partial charge in [0.25, 0.3) is 0 Å². The zero-order valence-corrected chi connectivity index (χ0v) is 11.2. The summed E-state index contributed by atoms with van der Waals surface area (Å²) >= 11 is 1.19. The number of thiazole rings is 1. The van der Waals surface area contributed by atoms with Crippen LogP contribution in [-0.4, -0.2) is 35.1 Å². The summed E-state index contributed by atoms with van der Waals surface area (Å²) in [5, 5.41) is 9.79. The molecule has 96 valence electrons. The minimum absolute atomic E-state index is 0.156. The van der Waals surface area contributed by atoms with Crippen molar-refractivity contribution >= 4 is 17.3 Å². The Bertz CT molecular complexity index is 546. The number of aromatic nitrogens is 1. The molecule has 0 bridgehead atoms. The third kappa shape index (κ3) is 2.30. The lowest BCUT2D eigenvalue weighted by atomic mass is 10.2. The number of carboxylic acids is 1. The lowest BCUT2D eigenvalue weighted by Crippen LogP contribution is -2.20. The van der Waals surface area contributed by atoms with E-state index in [2.05, 4.69) is 4.98 Å². The van der Waals surface area contributed by atoms with E-state index < -0.39 is 5.97 Å². The highest BCUT2D eigenvalue weighted by Gasteiger charge is 2.25. The van der Waals surface area contributed by atoms with Crippen molar-refractivity contribution in [2.24, 2.45) is 0 Å². The first-order valence-corrected chi connectivity index (χ1v) is 6.22. The molecular formula is C12H14N2O3S. The van der Waals surface area contributed by atoms with E-state index in [0.717, 1.165) is 10.8 Å². The van der Waals surface area contributed by atoms with E-state index in [1.165, 1.54) is 11.3 Å². The predicted octanol–water partition coefficient (Wildman–Crippen LogP) is 2.39. The van der Waals surface area contributed by atoms with Gasteiger partial charge in [-0.25, -0.2) is 9.78 Å². The van der Waals surface area contributed by atoms with Crippen LogP contribution >= 0.6 is 11.3 Å². The number of nitrogens with zero attached hydrogens (tertiary/aromatic N) is 2. The number of carboxylic acid groups (broad SMARTS) is 1. The molecule has 2 aromatic rings. The molecule has 2 aromatic heterocycles. The second kappa shape index (κ2) is 4.91. The number of rotatable bonds is 4. The van der Waals surface area contributed by atoms with E-state index in [4.69, 9.17) is 9.52 Å². The maximum absolute atomic E-state index is 11.0. The third-order valence-corrected chi connectivity index (χ3v) is 3.77. The molecule has 0 aliphatic rings. The lowest BCUT2D eigenvalue weighted by Gasteiger charge is -2.19. The summed E-state index contributed by atoms with van der Waals surface area (Å²) in [5.74, 6) is -0.182. The summed E-state index contributed by atoms with van der Waals surface area (Å²) in [6.45, 7) is 1.71. The lowest BCUT2D eigenvalue weighted by molar-refractivity contribution is 0.0701. The molecule has 1 atom stereocenters. The van der Waals surface area contributed by atoms with E-state index in [0.29, 0.717) is 5.69 Å². The molecule has 0 saturated carbocycles. The number of hydrogen-bond donors (Lipinski definition) is 1. The van der Waals surface area contributed by atoms with Crippen molar-refractivity contribution in [1.29, 1.82) is 0 Å². The molecule has 0 aliphatic heterocycles. The fourth-order valence-corrected chi connectivity index (χ4v) is 2.89. The van der Waals surface area contributed by atoms with Crippen LogP contribution in [0.4, 0.5) is 0 Å². The summed E-state index contributed by atoms with van der Waals surface area (Å²) < 4.78 is 5.40. The zero-order valence-electron chi connectivity index (χ0n) is 10.4. The first kappa shape index (κ1) is 12.8. The molecule has 2 heterocycles. The van der Waals surface area contributed by atoms with Crippen molar-refractivity contribution in [2.75, 3.05) is 14.1 Å². The first-order chi connectivity index (χ1) is 8.50. The van der Waals surface area contributed by atoms with E-state index in [1.54, 1.807) is 13.2 Å². The van der Waals surface area contributed by atoms with Gasteiger partial charge in [-0.3, -0.25) is 4.90 Å². The van der Waals surface area contributed by atoms with Crippen molar-refractivity contribution < 1.29 is 14.3 Å². The smallest absolute Gasteiger partial charge is 0.347 e. The van der Waals surface area contributed by atoms with E-state index in [1.807, 2.05) is 31.1 Å². The fraction of sp³-hybridized carbons (Fsp3) is 0.333. The van der Waals surface area contributed by atoms with Gasteiger partial charge in [-0.15, -0.1) is 11.3 Å². The Hall–Kier alpha value is -1.66. The highest BCUT2D eigenvalue weighted by Crippen LogP contribution is 2.31. The van der Waals surface area contributed by atoms with Crippen LogP contribution in [0.15, 0.2) is 22.8 Å². The van der Waals surface area contributed by atoms with Gasteiger partial charge >= 0.3 is 5.97 Å². The molecule has 2 rings (SSSR count). The normalized spacial score (nSPS) is 12.9. The Morgan fingerprint density at radius 2 is 2.28 bits per heavy atom. The van der Waals surface area contributed by atoms with Crippen LogP contribution in [0.1, 0.15) is 32.2 Å². The van der Waals surface area contributed by atoms with Crippen LogP contribution < -0.4 is 0 Å². The zero-order chi connectivity index (χ0) is 13.3. The number of carbonyl (C=O) groups is 1. The van der Waals surface area contributed by atoms with E-state index in [9.17, 15) is 4.79 Å². The van der Waals surface area contributed by atoms with Gasteiger partial charge in [-0.05, 0) is 33.2 Å². The Balaban J connectivity index is 2.44. The van der Waals surface area contributed by atoms with Crippen molar-refractivity contribution in [3.05, 3.63) is 39.7 Å². The minimum atomic E-state index is -0.937. The third-order valence-electron chi connectivity index (χ3n) is 2.57. The van der Waals surface area contributed by atoms with Crippen molar-refractivity contribution in [3.8, 4) is 0 Å². The maximum atomic E-state index is 11.0. The van der Waals surface area contributed by atoms with Gasteiger partial charge in [0.1, 0.15) is 21.7 Å². The molecule has 6 heteroatoms. The highest BCUT2D eigenvalue weighted by atomic mass is 32.1. The Morgan fingerprint density at radius 3 is 2.72 bits per heavy atom. The van der Waals surface area contributed by atoms with Crippen molar-refractivity contribution in [3.63, 3.8) is 0 Å². The molecule has 0 aliphatic carbocycles. The molecule has 0 amide bonds. The fourth-order valence-electron chi connectivity index (χ4n) is 1.78. The van der Waals surface area contributed by atoms with E-state index >= 15 is 0 Å². The quantitative estimate of drug-likeness (QED) is 0.920. The summed E-state index contributed by atoms with van der Waals surface area (Å²) in [6.07, 6.45) is 1.60. The Labute approximate surface area is 109 Å². The average Bonchev–Trinajstić information content (AvgIpc) is 2.88. The van der Waals surface area contributed by atoms with Crippen LogP contribution in [0.25, 0.3) is 0 Å². The van der Waals surface area contributed by atoms with Gasteiger partial charge in [0.05, 0.1) is 12.0 Å². The van der Waals surface area contributed by atoms with Crippen molar-refractivity contribution in [1.82, 2.24) is 9.88 Å². The van der Waals surface area contributed by atoms with Gasteiger partial charge in [-0.1, -0.05) is 0 Å². The van der Waals surface area contributed by atoms with Crippen LogP contribution in [-0.2, 0) is 0 Å². The summed E-state index contributed by atoms with van der Waals surface area (Å²) in [4.78, 5) is 17.6. The summed E-state index contributed by atoms with van der Waals surface area (Å²) in [5.41, 5.74) is 0.543. The summed E-state index contributed by atoms with van der Waals surface area (Å²) in [6, 6.07) is 3.52. The van der Waals surface area contributed by atoms with Crippen LogP contribution in [0, 0.1) is 6.92 Å². The summed E-state index contributed by atoms with van der Waals surface area (Å²) in [7, 11) is 3.81. The standard InChI is InChI=1S/C12H14N2O3S/c1-7-10(12(15)16)18-11(13-7)9(14(2)3)8-5-4-6-17-8/h4-6,9H,1-3H3,(H,15,16). The maximum Gasteiger partial charge on any atom is 0.347 e. The van der Waals surface area contributed by atoms with Crippen LogP contribution in [0.3, 0.4) is 0 Å². The molecule has 1 unspecified atom stereocenters. The highest BCUT2D eigenvalue weighted by molar-refractivity contribution is 7.13. The number of aromatic carboxylic acids is 1. The number of aryl methyl sites for hydroxylation is 1. The largest absolute Gasteiger partial charge is 0.477 e. The van der Waals surface area contributed by atoms with Crippen LogP contribution in [0.2, 0.25) is 0 Å². The second-order valence-electron chi connectivity index (χ2n) is 4.15. The average molecular weight is 266 g/mol. The first-order valence-electron chi connectivity index (χ1n) is 5.41. The topological polar surface area (TPSA) is 66.6 Å². The molecule has 0 spiro atoms. The second-order valence-corrected chi connectivity index (χ2v) is 5.18. The van der Waals surface area contributed by atoms with Crippen LogP contribution in [0.5, 0.6) is 0 Å². The molecule has 0 saturated heterocycles. The molecule has 5 nitrogen and oxygen atoms in total. The monoisotopic (exact) mass is 266 g/mol. The van der Waals surface area contributed by atoms with Gasteiger partial charge in [0, 0.05) is 0 Å². The molecule has 0 fully saturated rings. The molecule has 1 N–H and O–H groups in total.